The van der Waals surface area contributed by atoms with Crippen LogP contribution in [0.4, 0.5) is 4.79 Å². The summed E-state index contributed by atoms with van der Waals surface area (Å²) < 4.78 is 28.2. The van der Waals surface area contributed by atoms with Gasteiger partial charge < -0.3 is 56.0 Å². The van der Waals surface area contributed by atoms with Crippen molar-refractivity contribution < 1.29 is 53.1 Å². The van der Waals surface area contributed by atoms with Crippen molar-refractivity contribution in [3.05, 3.63) is 44.9 Å². The first kappa shape index (κ1) is 31.6. The molecule has 2 saturated heterocycles. The minimum atomic E-state index is -1.90. The van der Waals surface area contributed by atoms with Gasteiger partial charge in [0.2, 0.25) is 18.1 Å². The molecule has 236 valence electrons. The maximum atomic E-state index is 12.9. The molecule has 4 heterocycles. The second-order valence-corrected chi connectivity index (χ2v) is 9.88. The number of aliphatic hydroxyl groups excluding tert-OH is 2. The summed E-state index contributed by atoms with van der Waals surface area (Å²) in [4.78, 5) is 75.5. The molecule has 1 aromatic heterocycles. The summed E-state index contributed by atoms with van der Waals surface area (Å²) in [7, 11) is 1.15. The van der Waals surface area contributed by atoms with Crippen molar-refractivity contribution in [3.63, 3.8) is 0 Å². The van der Waals surface area contributed by atoms with Crippen LogP contribution in [0.15, 0.2) is 33.7 Å². The molecule has 0 aliphatic carbocycles. The molecule has 0 bridgehead atoms. The summed E-state index contributed by atoms with van der Waals surface area (Å²) in [6, 6.07) is 0.0974. The van der Waals surface area contributed by atoms with Crippen LogP contribution in [0.25, 0.3) is 0 Å². The van der Waals surface area contributed by atoms with Crippen molar-refractivity contribution >= 4 is 23.8 Å². The molecule has 9 atom stereocenters. The predicted octanol–water partition coefficient (Wildman–Crippen LogP) is -4.47. The first-order valence-electron chi connectivity index (χ1n) is 13.1. The SMILES string of the molecule is CO[C@H]1[C@@H](OC(N)=O)[C@H](n2ccc(=O)[nH]c2=O)O[C@@H]1[C@@H](O[C@@H]1OC(C(=O)N[C@@H]2CCCCNC2=O)=C[C@H](O)[C@@H]1O)C(N)=O. The maximum absolute atomic E-state index is 12.9. The quantitative estimate of drug-likeness (QED) is 0.139. The Morgan fingerprint density at radius 2 is 1.91 bits per heavy atom. The minimum absolute atomic E-state index is 0.352. The van der Waals surface area contributed by atoms with Crippen LogP contribution in [0.3, 0.4) is 0 Å². The average Bonchev–Trinajstić information content (AvgIpc) is 3.15. The van der Waals surface area contributed by atoms with Crippen molar-refractivity contribution in [1.29, 1.82) is 0 Å². The summed E-state index contributed by atoms with van der Waals surface area (Å²) >= 11 is 0. The summed E-state index contributed by atoms with van der Waals surface area (Å²) in [5.41, 5.74) is 9.06. The normalized spacial score (nSPS) is 31.5. The van der Waals surface area contributed by atoms with Gasteiger partial charge in [0.05, 0.1) is 0 Å². The van der Waals surface area contributed by atoms with Gasteiger partial charge in [0.1, 0.15) is 30.5 Å². The molecular weight excluding hydrogens is 580 g/mol. The number of methoxy groups -OCH3 is 1. The largest absolute Gasteiger partial charge is 0.456 e. The highest BCUT2D eigenvalue weighted by Crippen LogP contribution is 2.36. The van der Waals surface area contributed by atoms with Gasteiger partial charge >= 0.3 is 11.8 Å². The second-order valence-electron chi connectivity index (χ2n) is 9.88. The number of carbonyl (C=O) groups excluding carboxylic acids is 4. The van der Waals surface area contributed by atoms with Gasteiger partial charge in [-0.25, -0.2) is 9.59 Å². The van der Waals surface area contributed by atoms with Crippen molar-refractivity contribution in [1.82, 2.24) is 20.2 Å². The van der Waals surface area contributed by atoms with Gasteiger partial charge in [-0.1, -0.05) is 0 Å². The fourth-order valence-corrected chi connectivity index (χ4v) is 4.93. The number of carbonyl (C=O) groups is 4. The zero-order valence-electron chi connectivity index (χ0n) is 22.7. The zero-order valence-corrected chi connectivity index (χ0v) is 22.7. The van der Waals surface area contributed by atoms with E-state index in [0.717, 1.165) is 36.4 Å². The van der Waals surface area contributed by atoms with E-state index in [1.54, 1.807) is 0 Å². The molecule has 19 nitrogen and oxygen atoms in total. The number of amides is 4. The average molecular weight is 613 g/mol. The van der Waals surface area contributed by atoms with E-state index in [1.165, 1.54) is 0 Å². The van der Waals surface area contributed by atoms with E-state index >= 15 is 0 Å². The van der Waals surface area contributed by atoms with E-state index in [1.807, 2.05) is 4.98 Å². The molecular formula is C24H32N6O13. The number of nitrogens with one attached hydrogen (secondary N) is 3. The number of aliphatic hydroxyl groups is 2. The molecule has 0 radical (unpaired) electrons. The van der Waals surface area contributed by atoms with Crippen LogP contribution in [0.2, 0.25) is 0 Å². The van der Waals surface area contributed by atoms with Crippen molar-refractivity contribution in [3.8, 4) is 0 Å². The number of primary amides is 2. The van der Waals surface area contributed by atoms with E-state index in [9.17, 15) is 39.0 Å². The van der Waals surface area contributed by atoms with Gasteiger partial charge in [-0.2, -0.15) is 0 Å². The minimum Gasteiger partial charge on any atom is -0.456 e. The third-order valence-electron chi connectivity index (χ3n) is 6.99. The Balaban J connectivity index is 1.58. The van der Waals surface area contributed by atoms with Crippen LogP contribution in [-0.2, 0) is 38.1 Å². The Morgan fingerprint density at radius 1 is 1.16 bits per heavy atom. The van der Waals surface area contributed by atoms with Crippen LogP contribution in [0.1, 0.15) is 25.5 Å². The number of hydrogen-bond acceptors (Lipinski definition) is 13. The summed E-state index contributed by atoms with van der Waals surface area (Å²) in [5, 5.41) is 26.1. The smallest absolute Gasteiger partial charge is 0.405 e. The fraction of sp³-hybridized carbons (Fsp3) is 0.583. The van der Waals surface area contributed by atoms with Crippen molar-refractivity contribution in [2.75, 3.05) is 13.7 Å². The molecule has 0 saturated carbocycles. The van der Waals surface area contributed by atoms with E-state index in [0.29, 0.717) is 19.4 Å². The van der Waals surface area contributed by atoms with Crippen LogP contribution < -0.4 is 33.3 Å². The Labute approximate surface area is 242 Å². The van der Waals surface area contributed by atoms with Gasteiger partial charge in [-0.15, -0.1) is 0 Å². The molecule has 0 unspecified atom stereocenters. The fourth-order valence-electron chi connectivity index (χ4n) is 4.93. The number of nitrogens with two attached hydrogens (primary N) is 2. The molecule has 9 N–H and O–H groups in total. The number of ether oxygens (including phenoxy) is 5. The van der Waals surface area contributed by atoms with Crippen molar-refractivity contribution in [2.45, 2.75) is 74.4 Å². The zero-order chi connectivity index (χ0) is 31.4. The Bertz CT molecular complexity index is 1380. The van der Waals surface area contributed by atoms with Gasteiger partial charge in [0, 0.05) is 25.9 Å². The lowest BCUT2D eigenvalue weighted by atomic mass is 10.0. The Morgan fingerprint density at radius 3 is 2.56 bits per heavy atom. The van der Waals surface area contributed by atoms with Crippen LogP contribution >= 0.6 is 0 Å². The van der Waals surface area contributed by atoms with Crippen LogP contribution in [0.5, 0.6) is 0 Å². The van der Waals surface area contributed by atoms with Crippen molar-refractivity contribution in [2.24, 2.45) is 11.5 Å². The molecule has 1 aromatic rings. The Hall–Kier alpha value is -4.30. The third kappa shape index (κ3) is 7.03. The molecule has 0 spiro atoms. The molecule has 3 aliphatic rings. The molecule has 2 fully saturated rings. The highest BCUT2D eigenvalue weighted by atomic mass is 16.7. The Kier molecular flexibility index (Phi) is 9.81. The molecule has 4 rings (SSSR count). The van der Waals surface area contributed by atoms with E-state index in [2.05, 4.69) is 10.6 Å². The number of rotatable bonds is 9. The molecule has 3 aliphatic heterocycles. The molecule has 43 heavy (non-hydrogen) atoms. The predicted molar refractivity (Wildman–Crippen MR) is 138 cm³/mol. The molecule has 19 heteroatoms. The third-order valence-corrected chi connectivity index (χ3v) is 6.99. The number of nitrogens with zero attached hydrogens (tertiary/aromatic N) is 1. The van der Waals surface area contributed by atoms with E-state index < -0.39 is 96.0 Å². The molecule has 4 amide bonds. The number of aromatic amines is 1. The van der Waals surface area contributed by atoms with Gasteiger partial charge in [-0.05, 0) is 25.3 Å². The van der Waals surface area contributed by atoms with Gasteiger partial charge in [0.25, 0.3) is 11.5 Å². The van der Waals surface area contributed by atoms with Gasteiger partial charge in [0.15, 0.2) is 24.2 Å². The first-order chi connectivity index (χ1) is 20.4. The highest BCUT2D eigenvalue weighted by molar-refractivity contribution is 5.95. The second kappa shape index (κ2) is 13.3. The van der Waals surface area contributed by atoms with E-state index in [-0.39, 0.29) is 0 Å². The maximum Gasteiger partial charge on any atom is 0.405 e. The molecule has 0 aromatic carbocycles. The topological polar surface area (TPSA) is 286 Å². The number of aromatic nitrogens is 2. The lowest BCUT2D eigenvalue weighted by Crippen LogP contribution is -2.54. The van der Waals surface area contributed by atoms with Crippen LogP contribution in [0, 0.1) is 0 Å². The standard InChI is InChI=1S/C24H32N6O13/c1-39-14-15(41-21(17(14)43-23(26)37)30-7-5-12(32)29-24(30)38)16(18(25)34)42-22-13(33)10(31)8-11(40-22)20(36)28-9-4-2-3-6-27-19(9)35/h5,7-10,13-17,21-22,31,33H,2-4,6H2,1H3,(H2,25,34)(H2,26,37)(H,27,35)(H,28,36)(H,29,32,38)/t9-,10+,13+,14-,15+,16-,17-,21-,22+/m1/s1. The van der Waals surface area contributed by atoms with Crippen LogP contribution in [-0.4, -0.2) is 106 Å². The lowest BCUT2D eigenvalue weighted by Gasteiger charge is -2.35. The first-order valence-corrected chi connectivity index (χ1v) is 13.1. The summed E-state index contributed by atoms with van der Waals surface area (Å²) in [5.74, 6) is -3.04. The monoisotopic (exact) mass is 612 g/mol. The number of H-pyrrole nitrogens is 1. The van der Waals surface area contributed by atoms with E-state index in [4.69, 9.17) is 35.2 Å². The lowest BCUT2D eigenvalue weighted by molar-refractivity contribution is -0.241. The summed E-state index contributed by atoms with van der Waals surface area (Å²) in [6.45, 7) is 0.453. The number of hydrogen-bond donors (Lipinski definition) is 7. The summed E-state index contributed by atoms with van der Waals surface area (Å²) in [6.07, 6.45) is -10.9. The van der Waals surface area contributed by atoms with Gasteiger partial charge in [-0.3, -0.25) is 28.7 Å². The highest BCUT2D eigenvalue weighted by Gasteiger charge is 2.54.